The summed E-state index contributed by atoms with van der Waals surface area (Å²) in [5.74, 6) is 2.45. The van der Waals surface area contributed by atoms with E-state index in [1.807, 2.05) is 13.1 Å². The van der Waals surface area contributed by atoms with Crippen molar-refractivity contribution < 1.29 is 9.47 Å². The molecule has 142 valence electrons. The SMILES string of the molecule is CN=C(NCc1ccc2cc(OC)ccc2c1)N1CCC(COC)C1.I. The summed E-state index contributed by atoms with van der Waals surface area (Å²) in [6, 6.07) is 12.7. The van der Waals surface area contributed by atoms with E-state index in [-0.39, 0.29) is 24.0 Å². The number of nitrogens with zero attached hydrogens (tertiary/aromatic N) is 2. The van der Waals surface area contributed by atoms with Crippen molar-refractivity contribution in [3.05, 3.63) is 42.0 Å². The van der Waals surface area contributed by atoms with Gasteiger partial charge in [-0.3, -0.25) is 4.99 Å². The molecule has 1 N–H and O–H groups in total. The second-order valence-electron chi connectivity index (χ2n) is 6.50. The van der Waals surface area contributed by atoms with Crippen LogP contribution in [0, 0.1) is 5.92 Å². The number of ether oxygens (including phenoxy) is 2. The first kappa shape index (κ1) is 20.8. The summed E-state index contributed by atoms with van der Waals surface area (Å²) < 4.78 is 10.6. The zero-order valence-electron chi connectivity index (χ0n) is 15.7. The van der Waals surface area contributed by atoms with Crippen molar-refractivity contribution in [3.63, 3.8) is 0 Å². The number of guanidine groups is 1. The zero-order chi connectivity index (χ0) is 17.6. The summed E-state index contributed by atoms with van der Waals surface area (Å²) in [6.45, 7) is 3.62. The first-order chi connectivity index (χ1) is 12.2. The number of halogens is 1. The van der Waals surface area contributed by atoms with Crippen LogP contribution in [0.2, 0.25) is 0 Å². The summed E-state index contributed by atoms with van der Waals surface area (Å²) in [5.41, 5.74) is 1.24. The van der Waals surface area contributed by atoms with Gasteiger partial charge in [0, 0.05) is 39.7 Å². The minimum atomic E-state index is 0. The van der Waals surface area contributed by atoms with Gasteiger partial charge in [0.2, 0.25) is 0 Å². The molecule has 3 rings (SSSR count). The molecule has 2 aromatic carbocycles. The highest BCUT2D eigenvalue weighted by Gasteiger charge is 2.24. The lowest BCUT2D eigenvalue weighted by Gasteiger charge is -2.21. The minimum absolute atomic E-state index is 0. The van der Waals surface area contributed by atoms with Crippen molar-refractivity contribution in [2.45, 2.75) is 13.0 Å². The van der Waals surface area contributed by atoms with E-state index in [0.717, 1.165) is 44.4 Å². The van der Waals surface area contributed by atoms with Gasteiger partial charge in [-0.05, 0) is 41.0 Å². The lowest BCUT2D eigenvalue weighted by molar-refractivity contribution is 0.157. The number of aliphatic imine (C=N–C) groups is 1. The van der Waals surface area contributed by atoms with Gasteiger partial charge >= 0.3 is 0 Å². The molecule has 0 radical (unpaired) electrons. The number of nitrogens with one attached hydrogen (secondary N) is 1. The summed E-state index contributed by atoms with van der Waals surface area (Å²) >= 11 is 0. The van der Waals surface area contributed by atoms with Crippen LogP contribution in [-0.4, -0.2) is 51.8 Å². The number of hydrogen-bond acceptors (Lipinski definition) is 3. The number of methoxy groups -OCH3 is 2. The molecule has 0 spiro atoms. The summed E-state index contributed by atoms with van der Waals surface area (Å²) in [4.78, 5) is 6.75. The fraction of sp³-hybridized carbons (Fsp3) is 0.450. The van der Waals surface area contributed by atoms with Crippen molar-refractivity contribution in [3.8, 4) is 5.75 Å². The third kappa shape index (κ3) is 5.01. The standard InChI is InChI=1S/C20H27N3O2.HI/c1-21-20(23-9-8-16(13-23)14-24-2)22-12-15-4-5-18-11-19(25-3)7-6-17(18)10-15;/h4-7,10-11,16H,8-9,12-14H2,1-3H3,(H,21,22);1H. The second kappa shape index (κ2) is 9.97. The van der Waals surface area contributed by atoms with Crippen molar-refractivity contribution in [1.29, 1.82) is 0 Å². The van der Waals surface area contributed by atoms with Crippen LogP contribution in [-0.2, 0) is 11.3 Å². The van der Waals surface area contributed by atoms with Crippen molar-refractivity contribution in [2.24, 2.45) is 10.9 Å². The third-order valence-corrected chi connectivity index (χ3v) is 4.76. The van der Waals surface area contributed by atoms with Gasteiger partial charge in [0.1, 0.15) is 5.75 Å². The van der Waals surface area contributed by atoms with Gasteiger partial charge in [-0.15, -0.1) is 24.0 Å². The molecule has 0 saturated carbocycles. The van der Waals surface area contributed by atoms with E-state index in [4.69, 9.17) is 9.47 Å². The van der Waals surface area contributed by atoms with Crippen molar-refractivity contribution in [2.75, 3.05) is 41.0 Å². The first-order valence-electron chi connectivity index (χ1n) is 8.74. The van der Waals surface area contributed by atoms with Crippen LogP contribution in [0.3, 0.4) is 0 Å². The molecule has 0 bridgehead atoms. The van der Waals surface area contributed by atoms with Crippen molar-refractivity contribution >= 4 is 40.7 Å². The monoisotopic (exact) mass is 469 g/mol. The zero-order valence-corrected chi connectivity index (χ0v) is 18.0. The van der Waals surface area contributed by atoms with E-state index in [1.165, 1.54) is 16.3 Å². The third-order valence-electron chi connectivity index (χ3n) is 4.76. The van der Waals surface area contributed by atoms with Gasteiger partial charge in [0.05, 0.1) is 13.7 Å². The molecule has 1 saturated heterocycles. The maximum absolute atomic E-state index is 5.29. The average Bonchev–Trinajstić information content (AvgIpc) is 3.10. The van der Waals surface area contributed by atoms with Gasteiger partial charge in [0.25, 0.3) is 0 Å². The van der Waals surface area contributed by atoms with E-state index in [1.54, 1.807) is 14.2 Å². The molecule has 5 nitrogen and oxygen atoms in total. The Morgan fingerprint density at radius 3 is 2.69 bits per heavy atom. The normalized spacial score (nSPS) is 17.3. The van der Waals surface area contributed by atoms with Crippen LogP contribution in [0.1, 0.15) is 12.0 Å². The number of rotatable bonds is 5. The van der Waals surface area contributed by atoms with Crippen LogP contribution in [0.15, 0.2) is 41.4 Å². The highest BCUT2D eigenvalue weighted by molar-refractivity contribution is 14.0. The summed E-state index contributed by atoms with van der Waals surface area (Å²) in [7, 11) is 5.31. The molecular weight excluding hydrogens is 441 g/mol. The topological polar surface area (TPSA) is 46.1 Å². The average molecular weight is 469 g/mol. The molecule has 26 heavy (non-hydrogen) atoms. The molecule has 1 aliphatic rings. The van der Waals surface area contributed by atoms with Gasteiger partial charge in [-0.2, -0.15) is 0 Å². The Kier molecular flexibility index (Phi) is 7.96. The lowest BCUT2D eigenvalue weighted by atomic mass is 10.1. The Balaban J connectivity index is 0.00000243. The Morgan fingerprint density at radius 1 is 1.19 bits per heavy atom. The molecule has 1 unspecified atom stereocenters. The van der Waals surface area contributed by atoms with Crippen LogP contribution in [0.25, 0.3) is 10.8 Å². The number of benzene rings is 2. The summed E-state index contributed by atoms with van der Waals surface area (Å²) in [5, 5.41) is 5.90. The number of hydrogen-bond donors (Lipinski definition) is 1. The smallest absolute Gasteiger partial charge is 0.193 e. The van der Waals surface area contributed by atoms with Gasteiger partial charge in [0.15, 0.2) is 5.96 Å². The molecule has 0 amide bonds. The predicted octanol–water partition coefficient (Wildman–Crippen LogP) is 3.51. The largest absolute Gasteiger partial charge is 0.497 e. The van der Waals surface area contributed by atoms with Crippen LogP contribution in [0.5, 0.6) is 5.75 Å². The van der Waals surface area contributed by atoms with Crippen molar-refractivity contribution in [1.82, 2.24) is 10.2 Å². The molecule has 2 aromatic rings. The Morgan fingerprint density at radius 2 is 1.96 bits per heavy atom. The summed E-state index contributed by atoms with van der Waals surface area (Å²) in [6.07, 6.45) is 1.16. The number of likely N-dealkylation sites (tertiary alicyclic amines) is 1. The maximum Gasteiger partial charge on any atom is 0.193 e. The van der Waals surface area contributed by atoms with E-state index in [9.17, 15) is 0 Å². The predicted molar refractivity (Wildman–Crippen MR) is 118 cm³/mol. The van der Waals surface area contributed by atoms with E-state index in [2.05, 4.69) is 45.5 Å². The molecule has 1 heterocycles. The van der Waals surface area contributed by atoms with Crippen LogP contribution >= 0.6 is 24.0 Å². The Hall–Kier alpha value is -1.54. The highest BCUT2D eigenvalue weighted by atomic mass is 127. The van der Waals surface area contributed by atoms with Gasteiger partial charge < -0.3 is 19.7 Å². The maximum atomic E-state index is 5.29. The fourth-order valence-electron chi connectivity index (χ4n) is 3.42. The quantitative estimate of drug-likeness (QED) is 0.414. The second-order valence-corrected chi connectivity index (χ2v) is 6.50. The Bertz CT molecular complexity index is 751. The van der Waals surface area contributed by atoms with E-state index in [0.29, 0.717) is 5.92 Å². The van der Waals surface area contributed by atoms with Gasteiger partial charge in [-0.25, -0.2) is 0 Å². The fourth-order valence-corrected chi connectivity index (χ4v) is 3.42. The molecule has 1 atom stereocenters. The molecular formula is C20H28IN3O2. The molecule has 6 heteroatoms. The molecule has 0 aromatic heterocycles. The molecule has 0 aliphatic carbocycles. The highest BCUT2D eigenvalue weighted by Crippen LogP contribution is 2.22. The molecule has 1 aliphatic heterocycles. The minimum Gasteiger partial charge on any atom is -0.497 e. The Labute approximate surface area is 172 Å². The van der Waals surface area contributed by atoms with Crippen LogP contribution in [0.4, 0.5) is 0 Å². The number of fused-ring (bicyclic) bond motifs is 1. The van der Waals surface area contributed by atoms with E-state index >= 15 is 0 Å². The molecule has 1 fully saturated rings. The van der Waals surface area contributed by atoms with E-state index < -0.39 is 0 Å². The van der Waals surface area contributed by atoms with Crippen LogP contribution < -0.4 is 10.1 Å². The lowest BCUT2D eigenvalue weighted by Crippen LogP contribution is -2.39. The first-order valence-corrected chi connectivity index (χ1v) is 8.74. The van der Waals surface area contributed by atoms with Gasteiger partial charge in [-0.1, -0.05) is 18.2 Å².